The van der Waals surface area contributed by atoms with Gasteiger partial charge in [0.15, 0.2) is 0 Å². The Balaban J connectivity index is 3.75. The van der Waals surface area contributed by atoms with Crippen LogP contribution in [0.15, 0.2) is 0 Å². The standard InChI is InChI=1S/C11H23NOS/c1-8(2)9(14)10(13)12-7-6-11(3,4)5/h8-9,14H,6-7H2,1-5H3,(H,12,13). The van der Waals surface area contributed by atoms with E-state index in [2.05, 4.69) is 38.7 Å². The van der Waals surface area contributed by atoms with Crippen molar-refractivity contribution >= 4 is 18.5 Å². The molecule has 0 spiro atoms. The van der Waals surface area contributed by atoms with Crippen LogP contribution in [0.4, 0.5) is 0 Å². The third kappa shape index (κ3) is 6.30. The van der Waals surface area contributed by atoms with E-state index in [1.165, 1.54) is 0 Å². The summed E-state index contributed by atoms with van der Waals surface area (Å²) in [6.45, 7) is 11.2. The first-order valence-corrected chi connectivity index (χ1v) is 5.71. The van der Waals surface area contributed by atoms with Crippen molar-refractivity contribution in [1.29, 1.82) is 0 Å². The molecule has 0 rings (SSSR count). The molecule has 0 saturated carbocycles. The average Bonchev–Trinajstić information content (AvgIpc) is 2.00. The molecule has 0 bridgehead atoms. The second kappa shape index (κ2) is 5.64. The van der Waals surface area contributed by atoms with Crippen LogP contribution in [-0.2, 0) is 4.79 Å². The minimum Gasteiger partial charge on any atom is -0.355 e. The summed E-state index contributed by atoms with van der Waals surface area (Å²) in [5.41, 5.74) is 0.275. The zero-order chi connectivity index (χ0) is 11.4. The summed E-state index contributed by atoms with van der Waals surface area (Å²) in [5, 5.41) is 2.72. The van der Waals surface area contributed by atoms with Crippen molar-refractivity contribution in [1.82, 2.24) is 5.32 Å². The van der Waals surface area contributed by atoms with E-state index in [0.717, 1.165) is 13.0 Å². The van der Waals surface area contributed by atoms with Gasteiger partial charge in [0, 0.05) is 6.54 Å². The van der Waals surface area contributed by atoms with Gasteiger partial charge >= 0.3 is 0 Å². The molecule has 0 aromatic carbocycles. The van der Waals surface area contributed by atoms with Gasteiger partial charge in [-0.05, 0) is 17.8 Å². The van der Waals surface area contributed by atoms with Crippen molar-refractivity contribution in [2.75, 3.05) is 6.54 Å². The number of thiol groups is 1. The van der Waals surface area contributed by atoms with Gasteiger partial charge in [0.1, 0.15) is 0 Å². The molecule has 0 aliphatic heterocycles. The first-order valence-electron chi connectivity index (χ1n) is 5.20. The lowest BCUT2D eigenvalue weighted by molar-refractivity contribution is -0.121. The lowest BCUT2D eigenvalue weighted by Gasteiger charge is -2.20. The Morgan fingerprint density at radius 1 is 1.36 bits per heavy atom. The van der Waals surface area contributed by atoms with E-state index in [4.69, 9.17) is 0 Å². The van der Waals surface area contributed by atoms with Gasteiger partial charge in [-0.2, -0.15) is 12.6 Å². The molecule has 0 aliphatic carbocycles. The molecule has 1 atom stereocenters. The van der Waals surface area contributed by atoms with Gasteiger partial charge in [0.25, 0.3) is 0 Å². The summed E-state index contributed by atoms with van der Waals surface area (Å²) in [6.07, 6.45) is 0.997. The molecule has 84 valence electrons. The number of amides is 1. The van der Waals surface area contributed by atoms with Gasteiger partial charge in [-0.1, -0.05) is 34.6 Å². The van der Waals surface area contributed by atoms with Crippen molar-refractivity contribution < 1.29 is 4.79 Å². The molecule has 0 radical (unpaired) electrons. The molecule has 0 fully saturated rings. The molecule has 0 aromatic heterocycles. The zero-order valence-electron chi connectivity index (χ0n) is 9.92. The molecule has 1 amide bonds. The minimum absolute atomic E-state index is 0.0487. The van der Waals surface area contributed by atoms with Crippen LogP contribution >= 0.6 is 12.6 Å². The smallest absolute Gasteiger partial charge is 0.233 e. The Kier molecular flexibility index (Phi) is 5.57. The van der Waals surface area contributed by atoms with E-state index in [1.807, 2.05) is 13.8 Å². The second-order valence-electron chi connectivity index (χ2n) is 5.29. The fraction of sp³-hybridized carbons (Fsp3) is 0.909. The van der Waals surface area contributed by atoms with Gasteiger partial charge < -0.3 is 5.32 Å². The summed E-state index contributed by atoms with van der Waals surface area (Å²) >= 11 is 4.25. The fourth-order valence-corrected chi connectivity index (χ4v) is 1.06. The number of hydrogen-bond donors (Lipinski definition) is 2. The lowest BCUT2D eigenvalue weighted by Crippen LogP contribution is -2.36. The van der Waals surface area contributed by atoms with E-state index in [-0.39, 0.29) is 22.5 Å². The number of carbonyl (C=O) groups excluding carboxylic acids is 1. The van der Waals surface area contributed by atoms with E-state index < -0.39 is 0 Å². The third-order valence-corrected chi connectivity index (χ3v) is 2.91. The van der Waals surface area contributed by atoms with Gasteiger partial charge in [-0.15, -0.1) is 0 Å². The number of hydrogen-bond acceptors (Lipinski definition) is 2. The highest BCUT2D eigenvalue weighted by molar-refractivity contribution is 7.81. The van der Waals surface area contributed by atoms with Crippen LogP contribution in [0, 0.1) is 11.3 Å². The van der Waals surface area contributed by atoms with Crippen molar-refractivity contribution in [2.45, 2.75) is 46.3 Å². The molecule has 0 saturated heterocycles. The summed E-state index contributed by atoms with van der Waals surface area (Å²) < 4.78 is 0. The molecular weight excluding hydrogens is 194 g/mol. The molecule has 3 heteroatoms. The van der Waals surface area contributed by atoms with Crippen LogP contribution in [0.1, 0.15) is 41.0 Å². The van der Waals surface area contributed by atoms with E-state index in [9.17, 15) is 4.79 Å². The van der Waals surface area contributed by atoms with Crippen LogP contribution < -0.4 is 5.32 Å². The molecule has 0 heterocycles. The Morgan fingerprint density at radius 2 is 1.86 bits per heavy atom. The predicted octanol–water partition coefficient (Wildman–Crippen LogP) is 2.49. The Bertz CT molecular complexity index is 184. The van der Waals surface area contributed by atoms with Gasteiger partial charge in [-0.25, -0.2) is 0 Å². The molecular formula is C11H23NOS. The highest BCUT2D eigenvalue weighted by Gasteiger charge is 2.17. The van der Waals surface area contributed by atoms with Crippen molar-refractivity contribution in [3.05, 3.63) is 0 Å². The van der Waals surface area contributed by atoms with E-state index >= 15 is 0 Å². The summed E-state index contributed by atoms with van der Waals surface area (Å²) in [4.78, 5) is 11.5. The molecule has 14 heavy (non-hydrogen) atoms. The van der Waals surface area contributed by atoms with Crippen LogP contribution in [0.25, 0.3) is 0 Å². The maximum absolute atomic E-state index is 11.5. The largest absolute Gasteiger partial charge is 0.355 e. The summed E-state index contributed by atoms with van der Waals surface area (Å²) in [6, 6.07) is 0. The first-order chi connectivity index (χ1) is 6.24. The lowest BCUT2D eigenvalue weighted by atomic mass is 9.92. The van der Waals surface area contributed by atoms with Crippen LogP contribution in [0.3, 0.4) is 0 Å². The summed E-state index contributed by atoms with van der Waals surface area (Å²) in [5.74, 6) is 0.334. The number of nitrogens with one attached hydrogen (secondary N) is 1. The maximum Gasteiger partial charge on any atom is 0.233 e. The van der Waals surface area contributed by atoms with Gasteiger partial charge in [0.2, 0.25) is 5.91 Å². The molecule has 1 N–H and O–H groups in total. The minimum atomic E-state index is -0.185. The molecule has 0 aromatic rings. The molecule has 0 aliphatic rings. The third-order valence-electron chi connectivity index (χ3n) is 2.07. The first kappa shape index (κ1) is 13.8. The van der Waals surface area contributed by atoms with Crippen LogP contribution in [0.2, 0.25) is 0 Å². The molecule has 2 nitrogen and oxygen atoms in total. The average molecular weight is 217 g/mol. The van der Waals surface area contributed by atoms with Crippen molar-refractivity contribution in [3.63, 3.8) is 0 Å². The number of rotatable bonds is 4. The SMILES string of the molecule is CC(C)C(S)C(=O)NCCC(C)(C)C. The van der Waals surface area contributed by atoms with Crippen LogP contribution in [-0.4, -0.2) is 17.7 Å². The Morgan fingerprint density at radius 3 is 2.21 bits per heavy atom. The molecule has 1 unspecified atom stereocenters. The Hall–Kier alpha value is -0.180. The maximum atomic E-state index is 11.5. The van der Waals surface area contributed by atoms with Gasteiger partial charge in [-0.3, -0.25) is 4.79 Å². The Labute approximate surface area is 93.3 Å². The fourth-order valence-electron chi connectivity index (χ4n) is 0.968. The van der Waals surface area contributed by atoms with E-state index in [0.29, 0.717) is 0 Å². The monoisotopic (exact) mass is 217 g/mol. The number of carbonyl (C=O) groups is 1. The predicted molar refractivity (Wildman–Crippen MR) is 64.7 cm³/mol. The van der Waals surface area contributed by atoms with Crippen molar-refractivity contribution in [3.8, 4) is 0 Å². The van der Waals surface area contributed by atoms with Crippen molar-refractivity contribution in [2.24, 2.45) is 11.3 Å². The van der Waals surface area contributed by atoms with Crippen LogP contribution in [0.5, 0.6) is 0 Å². The van der Waals surface area contributed by atoms with Gasteiger partial charge in [0.05, 0.1) is 5.25 Å². The van der Waals surface area contributed by atoms with E-state index in [1.54, 1.807) is 0 Å². The quantitative estimate of drug-likeness (QED) is 0.696. The summed E-state index contributed by atoms with van der Waals surface area (Å²) in [7, 11) is 0. The zero-order valence-corrected chi connectivity index (χ0v) is 10.8. The second-order valence-corrected chi connectivity index (χ2v) is 5.85. The normalized spacial score (nSPS) is 14.2. The highest BCUT2D eigenvalue weighted by atomic mass is 32.1. The highest BCUT2D eigenvalue weighted by Crippen LogP contribution is 2.17. The topological polar surface area (TPSA) is 29.1 Å².